The number of carbonyl (C=O) groups is 2. The largest absolute Gasteiger partial charge is 0.476 e. The number of urea groups is 1. The lowest BCUT2D eigenvalue weighted by molar-refractivity contribution is -0.129. The van der Waals surface area contributed by atoms with Gasteiger partial charge in [-0.25, -0.2) is 4.79 Å². The molecule has 3 N–H and O–H groups in total. The lowest BCUT2D eigenvalue weighted by atomic mass is 10.1. The molecule has 3 rings (SSSR count). The van der Waals surface area contributed by atoms with Crippen molar-refractivity contribution >= 4 is 29.0 Å². The van der Waals surface area contributed by atoms with Crippen LogP contribution in [0.4, 0.5) is 21.9 Å². The highest BCUT2D eigenvalue weighted by Gasteiger charge is 2.36. The molecule has 1 heterocycles. The van der Waals surface area contributed by atoms with E-state index < -0.39 is 11.6 Å². The van der Waals surface area contributed by atoms with Crippen molar-refractivity contribution in [2.75, 3.05) is 16.0 Å². The van der Waals surface area contributed by atoms with E-state index in [1.807, 2.05) is 18.2 Å². The molecule has 0 atom stereocenters. The van der Waals surface area contributed by atoms with Gasteiger partial charge in [-0.2, -0.15) is 0 Å². The second kappa shape index (κ2) is 5.64. The lowest BCUT2D eigenvalue weighted by Gasteiger charge is -2.32. The van der Waals surface area contributed by atoms with Crippen LogP contribution in [0.5, 0.6) is 5.75 Å². The molecule has 2 aromatic rings. The van der Waals surface area contributed by atoms with Crippen LogP contribution in [0.2, 0.25) is 0 Å². The van der Waals surface area contributed by atoms with Crippen molar-refractivity contribution < 1.29 is 14.3 Å². The summed E-state index contributed by atoms with van der Waals surface area (Å²) in [5.74, 6) is 0.259. The van der Waals surface area contributed by atoms with E-state index in [0.29, 0.717) is 22.8 Å². The highest BCUT2D eigenvalue weighted by atomic mass is 16.5. The smallest absolute Gasteiger partial charge is 0.323 e. The number of amides is 3. The minimum Gasteiger partial charge on any atom is -0.476 e. The molecule has 0 fully saturated rings. The van der Waals surface area contributed by atoms with E-state index >= 15 is 0 Å². The Labute approximate surface area is 133 Å². The van der Waals surface area contributed by atoms with Crippen molar-refractivity contribution in [2.24, 2.45) is 0 Å². The van der Waals surface area contributed by atoms with Crippen LogP contribution in [-0.4, -0.2) is 17.5 Å². The van der Waals surface area contributed by atoms with Crippen LogP contribution < -0.4 is 20.7 Å². The van der Waals surface area contributed by atoms with Crippen molar-refractivity contribution in [1.82, 2.24) is 0 Å². The fraction of sp³-hybridized carbons (Fsp3) is 0.176. The maximum absolute atomic E-state index is 12.1. The number of nitrogens with one attached hydrogen (secondary N) is 3. The van der Waals surface area contributed by atoms with Gasteiger partial charge in [0.05, 0.1) is 5.69 Å². The van der Waals surface area contributed by atoms with Crippen LogP contribution in [0.25, 0.3) is 0 Å². The van der Waals surface area contributed by atoms with Crippen LogP contribution >= 0.6 is 0 Å². The molecule has 1 aliphatic heterocycles. The first kappa shape index (κ1) is 14.9. The first-order valence-electron chi connectivity index (χ1n) is 7.22. The fourth-order valence-electron chi connectivity index (χ4n) is 2.24. The standard InChI is InChI=1S/C17H17N3O3/c1-17(2)15(21)20-14-12(9-6-10-13(14)23-17)19-16(22)18-11-7-4-3-5-8-11/h3-10H,1-2H3,(H,20,21)(H2,18,19,22). The van der Waals surface area contributed by atoms with Gasteiger partial charge < -0.3 is 20.7 Å². The second-order valence-electron chi connectivity index (χ2n) is 5.69. The third-order valence-electron chi connectivity index (χ3n) is 3.46. The summed E-state index contributed by atoms with van der Waals surface area (Å²) in [6.07, 6.45) is 0. The number of hydrogen-bond donors (Lipinski definition) is 3. The predicted molar refractivity (Wildman–Crippen MR) is 88.9 cm³/mol. The highest BCUT2D eigenvalue weighted by molar-refractivity contribution is 6.07. The Bertz CT molecular complexity index is 757. The molecule has 118 valence electrons. The van der Waals surface area contributed by atoms with Gasteiger partial charge in [0.2, 0.25) is 0 Å². The van der Waals surface area contributed by atoms with Gasteiger partial charge in [0.25, 0.3) is 5.91 Å². The number of hydrogen-bond acceptors (Lipinski definition) is 3. The average molecular weight is 311 g/mol. The average Bonchev–Trinajstić information content (AvgIpc) is 2.50. The van der Waals surface area contributed by atoms with E-state index in [1.54, 1.807) is 44.2 Å². The number of para-hydroxylation sites is 2. The number of ether oxygens (including phenoxy) is 1. The van der Waals surface area contributed by atoms with E-state index in [1.165, 1.54) is 0 Å². The van der Waals surface area contributed by atoms with Gasteiger partial charge in [0.1, 0.15) is 11.4 Å². The Morgan fingerprint density at radius 2 is 1.78 bits per heavy atom. The SMILES string of the molecule is CC1(C)Oc2cccc(NC(=O)Nc3ccccc3)c2NC1=O. The summed E-state index contributed by atoms with van der Waals surface area (Å²) in [7, 11) is 0. The van der Waals surface area contributed by atoms with Gasteiger partial charge in [0, 0.05) is 5.69 Å². The number of fused-ring (bicyclic) bond motifs is 1. The van der Waals surface area contributed by atoms with Gasteiger partial charge in [-0.1, -0.05) is 24.3 Å². The molecule has 0 spiro atoms. The van der Waals surface area contributed by atoms with Crippen LogP contribution in [-0.2, 0) is 4.79 Å². The topological polar surface area (TPSA) is 79.5 Å². The molecule has 6 nitrogen and oxygen atoms in total. The number of rotatable bonds is 2. The first-order chi connectivity index (χ1) is 11.0. The second-order valence-corrected chi connectivity index (χ2v) is 5.69. The van der Waals surface area contributed by atoms with E-state index in [9.17, 15) is 9.59 Å². The molecule has 23 heavy (non-hydrogen) atoms. The third kappa shape index (κ3) is 3.11. The Kier molecular flexibility index (Phi) is 3.65. The van der Waals surface area contributed by atoms with Crippen LogP contribution in [0.1, 0.15) is 13.8 Å². The summed E-state index contributed by atoms with van der Waals surface area (Å²) in [5, 5.41) is 8.22. The molecule has 0 aromatic heterocycles. The zero-order valence-electron chi connectivity index (χ0n) is 12.8. The Morgan fingerprint density at radius 1 is 1.04 bits per heavy atom. The van der Waals surface area contributed by atoms with Gasteiger partial charge in [-0.15, -0.1) is 0 Å². The highest BCUT2D eigenvalue weighted by Crippen LogP contribution is 2.38. The van der Waals surface area contributed by atoms with E-state index in [2.05, 4.69) is 16.0 Å². The van der Waals surface area contributed by atoms with Crippen molar-refractivity contribution in [2.45, 2.75) is 19.4 Å². The summed E-state index contributed by atoms with van der Waals surface area (Å²) in [5.41, 5.74) is 0.661. The Hall–Kier alpha value is -3.02. The molecular weight excluding hydrogens is 294 g/mol. The normalized spacial score (nSPS) is 15.0. The van der Waals surface area contributed by atoms with Crippen LogP contribution in [0, 0.1) is 0 Å². The van der Waals surface area contributed by atoms with Gasteiger partial charge >= 0.3 is 6.03 Å². The maximum Gasteiger partial charge on any atom is 0.323 e. The van der Waals surface area contributed by atoms with Crippen molar-refractivity contribution in [3.8, 4) is 5.75 Å². The van der Waals surface area contributed by atoms with Gasteiger partial charge in [-0.05, 0) is 38.1 Å². The summed E-state index contributed by atoms with van der Waals surface area (Å²) in [6.45, 7) is 3.38. The molecule has 1 aliphatic rings. The molecule has 0 saturated carbocycles. The molecule has 6 heteroatoms. The summed E-state index contributed by atoms with van der Waals surface area (Å²) in [4.78, 5) is 24.1. The molecule has 0 bridgehead atoms. The summed E-state index contributed by atoms with van der Waals surface area (Å²) in [6, 6.07) is 13.9. The van der Waals surface area contributed by atoms with Gasteiger partial charge in [0.15, 0.2) is 5.60 Å². The van der Waals surface area contributed by atoms with Crippen molar-refractivity contribution in [1.29, 1.82) is 0 Å². The molecule has 0 unspecified atom stereocenters. The minimum absolute atomic E-state index is 0.261. The quantitative estimate of drug-likeness (QED) is 0.795. The monoisotopic (exact) mass is 311 g/mol. The molecular formula is C17H17N3O3. The predicted octanol–water partition coefficient (Wildman–Crippen LogP) is 3.44. The fourth-order valence-corrected chi connectivity index (χ4v) is 2.24. The lowest BCUT2D eigenvalue weighted by Crippen LogP contribution is -2.45. The summed E-state index contributed by atoms with van der Waals surface area (Å²) < 4.78 is 5.69. The van der Waals surface area contributed by atoms with Crippen molar-refractivity contribution in [3.63, 3.8) is 0 Å². The molecule has 0 aliphatic carbocycles. The zero-order valence-corrected chi connectivity index (χ0v) is 12.8. The van der Waals surface area contributed by atoms with Crippen molar-refractivity contribution in [3.05, 3.63) is 48.5 Å². The third-order valence-corrected chi connectivity index (χ3v) is 3.46. The number of carbonyl (C=O) groups excluding carboxylic acids is 2. The Morgan fingerprint density at radius 3 is 2.52 bits per heavy atom. The molecule has 0 radical (unpaired) electrons. The number of anilines is 3. The van der Waals surface area contributed by atoms with Crippen LogP contribution in [0.3, 0.4) is 0 Å². The van der Waals surface area contributed by atoms with E-state index in [-0.39, 0.29) is 5.91 Å². The summed E-state index contributed by atoms with van der Waals surface area (Å²) >= 11 is 0. The van der Waals surface area contributed by atoms with E-state index in [4.69, 9.17) is 4.74 Å². The molecule has 0 saturated heterocycles. The first-order valence-corrected chi connectivity index (χ1v) is 7.22. The zero-order chi connectivity index (χ0) is 16.4. The Balaban J connectivity index is 1.80. The van der Waals surface area contributed by atoms with Crippen LogP contribution in [0.15, 0.2) is 48.5 Å². The molecule has 3 amide bonds. The minimum atomic E-state index is -0.947. The molecule has 2 aromatic carbocycles. The number of benzene rings is 2. The van der Waals surface area contributed by atoms with Gasteiger partial charge in [-0.3, -0.25) is 4.79 Å². The maximum atomic E-state index is 12.1. The van der Waals surface area contributed by atoms with E-state index in [0.717, 1.165) is 0 Å².